The lowest BCUT2D eigenvalue weighted by Gasteiger charge is -2.28. The third-order valence-corrected chi connectivity index (χ3v) is 5.27. The van der Waals surface area contributed by atoms with Gasteiger partial charge in [0.2, 0.25) is 0 Å². The van der Waals surface area contributed by atoms with Gasteiger partial charge in [0.25, 0.3) is 0 Å². The average Bonchev–Trinajstić information content (AvgIpc) is 2.90. The van der Waals surface area contributed by atoms with Crippen molar-refractivity contribution in [2.24, 2.45) is 5.92 Å². The van der Waals surface area contributed by atoms with Crippen LogP contribution in [0.3, 0.4) is 0 Å². The van der Waals surface area contributed by atoms with Gasteiger partial charge in [-0.2, -0.15) is 0 Å². The highest BCUT2D eigenvalue weighted by atomic mass is 32.2. The van der Waals surface area contributed by atoms with Crippen molar-refractivity contribution >= 4 is 15.8 Å². The Bertz CT molecular complexity index is 401. The molecular formula is C10H17NO4S. The monoisotopic (exact) mass is 247 g/mol. The smallest absolute Gasteiger partial charge is 0.320 e. The lowest BCUT2D eigenvalue weighted by Crippen LogP contribution is -2.53. The molecule has 2 rings (SSSR count). The summed E-state index contributed by atoms with van der Waals surface area (Å²) in [6, 6.07) is -0.585. The van der Waals surface area contributed by atoms with E-state index in [-0.39, 0.29) is 17.4 Å². The topological polar surface area (TPSA) is 83.5 Å². The van der Waals surface area contributed by atoms with Crippen LogP contribution in [0.2, 0.25) is 0 Å². The molecule has 1 saturated carbocycles. The summed E-state index contributed by atoms with van der Waals surface area (Å²) in [7, 11) is -2.99. The van der Waals surface area contributed by atoms with E-state index in [1.165, 1.54) is 0 Å². The lowest BCUT2D eigenvalue weighted by molar-refractivity contribution is -0.140. The molecule has 1 aliphatic carbocycles. The number of rotatable bonds is 4. The summed E-state index contributed by atoms with van der Waals surface area (Å²) >= 11 is 0. The van der Waals surface area contributed by atoms with Crippen molar-refractivity contribution in [1.82, 2.24) is 5.32 Å². The van der Waals surface area contributed by atoms with E-state index >= 15 is 0 Å². The fourth-order valence-electron chi connectivity index (χ4n) is 2.31. The van der Waals surface area contributed by atoms with Gasteiger partial charge in [0, 0.05) is 5.54 Å². The van der Waals surface area contributed by atoms with Crippen LogP contribution < -0.4 is 5.32 Å². The second-order valence-electron chi connectivity index (χ2n) is 5.20. The molecule has 2 aliphatic rings. The number of hydrogen-bond donors (Lipinski definition) is 2. The summed E-state index contributed by atoms with van der Waals surface area (Å²) in [5.41, 5.74) is -0.565. The van der Waals surface area contributed by atoms with Crippen LogP contribution >= 0.6 is 0 Å². The second-order valence-corrected chi connectivity index (χ2v) is 7.38. The maximum Gasteiger partial charge on any atom is 0.320 e. The minimum Gasteiger partial charge on any atom is -0.480 e. The molecule has 1 heterocycles. The van der Waals surface area contributed by atoms with Crippen molar-refractivity contribution < 1.29 is 18.3 Å². The van der Waals surface area contributed by atoms with Crippen LogP contribution in [-0.4, -0.2) is 42.6 Å². The van der Waals surface area contributed by atoms with Crippen LogP contribution in [0.1, 0.15) is 26.2 Å². The van der Waals surface area contributed by atoms with Gasteiger partial charge in [0.05, 0.1) is 11.5 Å². The Hall–Kier alpha value is -0.620. The van der Waals surface area contributed by atoms with E-state index in [1.54, 1.807) is 6.92 Å². The molecule has 16 heavy (non-hydrogen) atoms. The molecule has 0 aromatic heterocycles. The van der Waals surface area contributed by atoms with Crippen molar-refractivity contribution in [3.05, 3.63) is 0 Å². The number of aliphatic carboxylic acids is 1. The highest BCUT2D eigenvalue weighted by molar-refractivity contribution is 7.91. The van der Waals surface area contributed by atoms with Crippen LogP contribution in [0.4, 0.5) is 0 Å². The number of nitrogens with one attached hydrogen (secondary N) is 1. The van der Waals surface area contributed by atoms with E-state index in [9.17, 15) is 13.2 Å². The van der Waals surface area contributed by atoms with Gasteiger partial charge in [-0.15, -0.1) is 0 Å². The van der Waals surface area contributed by atoms with Crippen LogP contribution in [0.5, 0.6) is 0 Å². The summed E-state index contributed by atoms with van der Waals surface area (Å²) in [6.45, 7) is 1.80. The first-order valence-corrected chi connectivity index (χ1v) is 7.34. The van der Waals surface area contributed by atoms with Crippen LogP contribution in [0, 0.1) is 5.92 Å². The van der Waals surface area contributed by atoms with E-state index in [4.69, 9.17) is 5.11 Å². The van der Waals surface area contributed by atoms with Gasteiger partial charge in [-0.3, -0.25) is 10.1 Å². The largest absolute Gasteiger partial charge is 0.480 e. The zero-order valence-electron chi connectivity index (χ0n) is 9.27. The summed E-state index contributed by atoms with van der Waals surface area (Å²) < 4.78 is 22.8. The molecule has 1 aliphatic heterocycles. The minimum absolute atomic E-state index is 0.0521. The second kappa shape index (κ2) is 3.70. The number of carboxylic acid groups (broad SMARTS) is 1. The Morgan fingerprint density at radius 2 is 2.12 bits per heavy atom. The maximum absolute atomic E-state index is 11.4. The Kier molecular flexibility index (Phi) is 2.74. The number of carboxylic acids is 1. The standard InChI is InChI=1S/C10H17NO4S/c1-10(4-5-16(14,15)6-10)11-8(9(12)13)7-2-3-7/h7-8,11H,2-6H2,1H3,(H,12,13). The van der Waals surface area contributed by atoms with E-state index in [0.717, 1.165) is 12.8 Å². The van der Waals surface area contributed by atoms with Gasteiger partial charge in [0.1, 0.15) is 6.04 Å². The van der Waals surface area contributed by atoms with Gasteiger partial charge >= 0.3 is 5.97 Å². The lowest BCUT2D eigenvalue weighted by atomic mass is 9.99. The molecule has 0 spiro atoms. The molecular weight excluding hydrogens is 230 g/mol. The molecule has 6 heteroatoms. The molecule has 0 aromatic carbocycles. The van der Waals surface area contributed by atoms with Gasteiger partial charge < -0.3 is 5.11 Å². The quantitative estimate of drug-likeness (QED) is 0.731. The summed E-state index contributed by atoms with van der Waals surface area (Å²) in [5, 5.41) is 12.1. The van der Waals surface area contributed by atoms with Gasteiger partial charge in [0.15, 0.2) is 9.84 Å². The van der Waals surface area contributed by atoms with Crippen molar-refractivity contribution in [2.45, 2.75) is 37.8 Å². The number of carbonyl (C=O) groups is 1. The normalized spacial score (nSPS) is 34.8. The van der Waals surface area contributed by atoms with E-state index < -0.39 is 27.4 Å². The third kappa shape index (κ3) is 2.55. The van der Waals surface area contributed by atoms with E-state index in [0.29, 0.717) is 6.42 Å². The Morgan fingerprint density at radius 1 is 1.50 bits per heavy atom. The summed E-state index contributed by atoms with van der Waals surface area (Å²) in [6.07, 6.45) is 2.35. The predicted molar refractivity (Wildman–Crippen MR) is 59.0 cm³/mol. The molecule has 2 N–H and O–H groups in total. The first-order valence-electron chi connectivity index (χ1n) is 5.52. The van der Waals surface area contributed by atoms with Gasteiger partial charge in [-0.1, -0.05) is 0 Å². The average molecular weight is 247 g/mol. The van der Waals surface area contributed by atoms with Crippen molar-refractivity contribution in [3.63, 3.8) is 0 Å². The molecule has 1 saturated heterocycles. The fourth-order valence-corrected chi connectivity index (χ4v) is 4.41. The van der Waals surface area contributed by atoms with Crippen LogP contribution in [-0.2, 0) is 14.6 Å². The molecule has 0 aromatic rings. The van der Waals surface area contributed by atoms with Crippen molar-refractivity contribution in [2.75, 3.05) is 11.5 Å². The summed E-state index contributed by atoms with van der Waals surface area (Å²) in [5.74, 6) is -0.477. The molecule has 5 nitrogen and oxygen atoms in total. The van der Waals surface area contributed by atoms with E-state index in [2.05, 4.69) is 5.32 Å². The van der Waals surface area contributed by atoms with Crippen LogP contribution in [0.15, 0.2) is 0 Å². The van der Waals surface area contributed by atoms with Crippen molar-refractivity contribution in [3.8, 4) is 0 Å². The molecule has 0 bridgehead atoms. The van der Waals surface area contributed by atoms with E-state index in [1.807, 2.05) is 0 Å². The first kappa shape index (κ1) is 11.9. The molecule has 2 unspecified atom stereocenters. The highest BCUT2D eigenvalue weighted by Gasteiger charge is 2.44. The zero-order chi connectivity index (χ0) is 12.0. The predicted octanol–water partition coefficient (Wildman–Crippen LogP) is 0.0164. The van der Waals surface area contributed by atoms with Gasteiger partial charge in [-0.25, -0.2) is 8.42 Å². The Balaban J connectivity index is 2.05. The van der Waals surface area contributed by atoms with Crippen molar-refractivity contribution in [1.29, 1.82) is 0 Å². The molecule has 0 radical (unpaired) electrons. The Morgan fingerprint density at radius 3 is 2.50 bits per heavy atom. The first-order chi connectivity index (χ1) is 7.31. The highest BCUT2D eigenvalue weighted by Crippen LogP contribution is 2.35. The molecule has 2 atom stereocenters. The zero-order valence-corrected chi connectivity index (χ0v) is 10.1. The maximum atomic E-state index is 11.4. The molecule has 2 fully saturated rings. The molecule has 92 valence electrons. The number of sulfone groups is 1. The SMILES string of the molecule is CC1(NC(C(=O)O)C2CC2)CCS(=O)(=O)C1. The third-order valence-electron chi connectivity index (χ3n) is 3.37. The fraction of sp³-hybridized carbons (Fsp3) is 0.900. The van der Waals surface area contributed by atoms with Crippen LogP contribution in [0.25, 0.3) is 0 Å². The minimum atomic E-state index is -2.99. The summed E-state index contributed by atoms with van der Waals surface area (Å²) in [4.78, 5) is 11.1. The van der Waals surface area contributed by atoms with Gasteiger partial charge in [-0.05, 0) is 32.1 Å². The number of hydrogen-bond acceptors (Lipinski definition) is 4. The molecule has 0 amide bonds. The Labute approximate surface area is 95.1 Å².